The first-order chi connectivity index (χ1) is 10.2. The molecule has 2 aliphatic heterocycles. The Morgan fingerprint density at radius 1 is 1.33 bits per heavy atom. The molecule has 2 aliphatic rings. The van der Waals surface area contributed by atoms with Gasteiger partial charge in [0.15, 0.2) is 0 Å². The summed E-state index contributed by atoms with van der Waals surface area (Å²) in [6.07, 6.45) is 6.17. The zero-order chi connectivity index (χ0) is 14.8. The van der Waals surface area contributed by atoms with Crippen LogP contribution in [-0.4, -0.2) is 45.9 Å². The van der Waals surface area contributed by atoms with Gasteiger partial charge in [-0.2, -0.15) is 0 Å². The molecule has 1 aromatic heterocycles. The number of nitrogens with one attached hydrogen (secondary N) is 2. The number of hydrogen-bond acceptors (Lipinski definition) is 5. The molecule has 3 heterocycles. The van der Waals surface area contributed by atoms with Gasteiger partial charge < -0.3 is 4.90 Å². The van der Waals surface area contributed by atoms with Crippen molar-refractivity contribution < 1.29 is 4.79 Å². The summed E-state index contributed by atoms with van der Waals surface area (Å²) < 4.78 is 0. The number of rotatable bonds is 3. The minimum atomic E-state index is 0.0536. The lowest BCUT2D eigenvalue weighted by Gasteiger charge is -2.35. The summed E-state index contributed by atoms with van der Waals surface area (Å²) in [7, 11) is 0. The van der Waals surface area contributed by atoms with E-state index in [2.05, 4.69) is 27.7 Å². The lowest BCUT2D eigenvalue weighted by Crippen LogP contribution is -2.48. The highest BCUT2D eigenvalue weighted by atomic mass is 16.2. The van der Waals surface area contributed by atoms with Gasteiger partial charge in [-0.25, -0.2) is 9.97 Å². The van der Waals surface area contributed by atoms with E-state index in [1.807, 2.05) is 11.8 Å². The first kappa shape index (κ1) is 14.4. The van der Waals surface area contributed by atoms with Crippen LogP contribution in [0, 0.1) is 5.92 Å². The number of nitrogens with zero attached hydrogens (tertiary/aromatic N) is 3. The average Bonchev–Trinajstić information content (AvgIpc) is 2.96. The van der Waals surface area contributed by atoms with Gasteiger partial charge in [-0.1, -0.05) is 13.8 Å². The Labute approximate surface area is 125 Å². The minimum absolute atomic E-state index is 0.0536. The van der Waals surface area contributed by atoms with Gasteiger partial charge in [0.1, 0.15) is 5.82 Å². The minimum Gasteiger partial charge on any atom is -0.338 e. The van der Waals surface area contributed by atoms with Crippen molar-refractivity contribution in [2.24, 2.45) is 5.92 Å². The summed E-state index contributed by atoms with van der Waals surface area (Å²) in [5.74, 6) is 1.32. The number of hydrogen-bond donors (Lipinski definition) is 2. The number of amides is 1. The first-order valence-electron chi connectivity index (χ1n) is 7.84. The second-order valence-electron chi connectivity index (χ2n) is 5.86. The third-order valence-electron chi connectivity index (χ3n) is 4.62. The lowest BCUT2D eigenvalue weighted by atomic mass is 9.87. The highest BCUT2D eigenvalue weighted by Crippen LogP contribution is 2.26. The zero-order valence-electron chi connectivity index (χ0n) is 12.7. The van der Waals surface area contributed by atoms with Gasteiger partial charge in [-0.3, -0.25) is 15.6 Å². The van der Waals surface area contributed by atoms with Crippen molar-refractivity contribution in [1.82, 2.24) is 25.7 Å². The molecule has 0 spiro atoms. The largest absolute Gasteiger partial charge is 0.338 e. The number of carbonyl (C=O) groups is 1. The van der Waals surface area contributed by atoms with Crippen LogP contribution in [0.4, 0.5) is 0 Å². The summed E-state index contributed by atoms with van der Waals surface area (Å²) in [6, 6.07) is 0.932. The number of hydrazine groups is 1. The van der Waals surface area contributed by atoms with Gasteiger partial charge in [-0.15, -0.1) is 0 Å². The SMILES string of the molecule is CCc1ncc(C(=O)N2CCC3NNC(CC)C3C2)cn1. The first-order valence-corrected chi connectivity index (χ1v) is 7.84. The molecular weight excluding hydrogens is 266 g/mol. The van der Waals surface area contributed by atoms with Crippen LogP contribution in [0.2, 0.25) is 0 Å². The third kappa shape index (κ3) is 2.78. The van der Waals surface area contributed by atoms with Crippen LogP contribution in [0.3, 0.4) is 0 Å². The molecule has 0 aromatic carbocycles. The number of aryl methyl sites for hydroxylation is 1. The van der Waals surface area contributed by atoms with Crippen molar-refractivity contribution in [1.29, 1.82) is 0 Å². The smallest absolute Gasteiger partial charge is 0.257 e. The summed E-state index contributed by atoms with van der Waals surface area (Å²) in [5.41, 5.74) is 7.31. The number of carbonyl (C=O) groups excluding carboxylic acids is 1. The molecule has 1 aromatic rings. The van der Waals surface area contributed by atoms with Crippen LogP contribution in [0.5, 0.6) is 0 Å². The van der Waals surface area contributed by atoms with Gasteiger partial charge in [0, 0.05) is 49.9 Å². The Kier molecular flexibility index (Phi) is 4.17. The Balaban J connectivity index is 1.70. The molecule has 6 nitrogen and oxygen atoms in total. The second-order valence-corrected chi connectivity index (χ2v) is 5.86. The van der Waals surface area contributed by atoms with Gasteiger partial charge >= 0.3 is 0 Å². The number of likely N-dealkylation sites (tertiary alicyclic amines) is 1. The molecule has 6 heteroatoms. The van der Waals surface area contributed by atoms with Gasteiger partial charge in [0.05, 0.1) is 5.56 Å². The van der Waals surface area contributed by atoms with Crippen molar-refractivity contribution in [3.63, 3.8) is 0 Å². The van der Waals surface area contributed by atoms with Gasteiger partial charge in [-0.05, 0) is 12.8 Å². The molecule has 21 heavy (non-hydrogen) atoms. The second kappa shape index (κ2) is 6.07. The number of fused-ring (bicyclic) bond motifs is 1. The molecule has 0 radical (unpaired) electrons. The van der Waals surface area contributed by atoms with E-state index < -0.39 is 0 Å². The molecule has 2 N–H and O–H groups in total. The molecule has 1 amide bonds. The highest BCUT2D eigenvalue weighted by molar-refractivity contribution is 5.93. The summed E-state index contributed by atoms with van der Waals surface area (Å²) in [5, 5.41) is 0. The Hall–Kier alpha value is -1.53. The molecule has 2 fully saturated rings. The van der Waals surface area contributed by atoms with Crippen molar-refractivity contribution in [3.05, 3.63) is 23.8 Å². The van der Waals surface area contributed by atoms with Crippen molar-refractivity contribution >= 4 is 5.91 Å². The van der Waals surface area contributed by atoms with Crippen LogP contribution in [0.15, 0.2) is 12.4 Å². The molecule has 0 bridgehead atoms. The Bertz CT molecular complexity index is 497. The van der Waals surface area contributed by atoms with Crippen LogP contribution < -0.4 is 10.9 Å². The average molecular weight is 289 g/mol. The van der Waals surface area contributed by atoms with Crippen LogP contribution >= 0.6 is 0 Å². The normalized spacial score (nSPS) is 28.5. The van der Waals surface area contributed by atoms with Gasteiger partial charge in [0.25, 0.3) is 5.91 Å². The van der Waals surface area contributed by atoms with Crippen LogP contribution in [0.1, 0.15) is 42.9 Å². The van der Waals surface area contributed by atoms with Crippen molar-refractivity contribution in [2.45, 2.75) is 45.2 Å². The molecule has 2 saturated heterocycles. The maximum Gasteiger partial charge on any atom is 0.257 e. The van der Waals surface area contributed by atoms with E-state index in [9.17, 15) is 4.79 Å². The van der Waals surface area contributed by atoms with E-state index in [0.717, 1.165) is 38.2 Å². The quantitative estimate of drug-likeness (QED) is 0.859. The molecule has 3 unspecified atom stereocenters. The van der Waals surface area contributed by atoms with Gasteiger partial charge in [0.2, 0.25) is 0 Å². The Morgan fingerprint density at radius 2 is 2.10 bits per heavy atom. The number of piperidine rings is 1. The van der Waals surface area contributed by atoms with E-state index in [1.54, 1.807) is 12.4 Å². The molecular formula is C15H23N5O. The van der Waals surface area contributed by atoms with E-state index >= 15 is 0 Å². The molecule has 0 saturated carbocycles. The van der Waals surface area contributed by atoms with E-state index in [0.29, 0.717) is 23.6 Å². The van der Waals surface area contributed by atoms with Crippen molar-refractivity contribution in [2.75, 3.05) is 13.1 Å². The fourth-order valence-corrected chi connectivity index (χ4v) is 3.31. The Morgan fingerprint density at radius 3 is 2.76 bits per heavy atom. The topological polar surface area (TPSA) is 70.2 Å². The number of aromatic nitrogens is 2. The molecule has 114 valence electrons. The summed E-state index contributed by atoms with van der Waals surface area (Å²) in [4.78, 5) is 23.0. The highest BCUT2D eigenvalue weighted by Gasteiger charge is 2.40. The monoisotopic (exact) mass is 289 g/mol. The standard InChI is InChI=1S/C15H23N5O/c1-3-12-11-9-20(6-5-13(11)19-18-12)15(21)10-7-16-14(4-2)17-8-10/h7-8,11-13,18-19H,3-6,9H2,1-2H3. The predicted octanol–water partition coefficient (Wildman–Crippen LogP) is 0.756. The van der Waals surface area contributed by atoms with E-state index in [1.165, 1.54) is 0 Å². The van der Waals surface area contributed by atoms with E-state index in [-0.39, 0.29) is 5.91 Å². The van der Waals surface area contributed by atoms with E-state index in [4.69, 9.17) is 0 Å². The molecule has 3 rings (SSSR count). The van der Waals surface area contributed by atoms with Crippen molar-refractivity contribution in [3.8, 4) is 0 Å². The molecule has 0 aliphatic carbocycles. The predicted molar refractivity (Wildman–Crippen MR) is 79.6 cm³/mol. The summed E-state index contributed by atoms with van der Waals surface area (Å²) in [6.45, 7) is 5.78. The molecule has 3 atom stereocenters. The fraction of sp³-hybridized carbons (Fsp3) is 0.667. The maximum atomic E-state index is 12.6. The maximum absolute atomic E-state index is 12.6. The van der Waals surface area contributed by atoms with Crippen LogP contribution in [-0.2, 0) is 6.42 Å². The fourth-order valence-electron chi connectivity index (χ4n) is 3.31. The lowest BCUT2D eigenvalue weighted by molar-refractivity contribution is 0.0651. The third-order valence-corrected chi connectivity index (χ3v) is 4.62. The summed E-state index contributed by atoms with van der Waals surface area (Å²) >= 11 is 0. The van der Waals surface area contributed by atoms with Crippen LogP contribution in [0.25, 0.3) is 0 Å². The zero-order valence-corrected chi connectivity index (χ0v) is 12.7.